The number of aryl methyl sites for hydroxylation is 1. The smallest absolute Gasteiger partial charge is 0.246 e. The highest BCUT2D eigenvalue weighted by molar-refractivity contribution is 8.00. The number of thioether (sulfide) groups is 1. The van der Waals surface area contributed by atoms with Crippen molar-refractivity contribution in [2.45, 2.75) is 31.2 Å². The number of thiazole rings is 1. The van der Waals surface area contributed by atoms with Gasteiger partial charge in [0, 0.05) is 18.2 Å². The molecule has 138 valence electrons. The number of likely N-dealkylation sites (N-methyl/N-ethyl adjacent to an activating group) is 1. The topological polar surface area (TPSA) is 62.3 Å². The van der Waals surface area contributed by atoms with E-state index < -0.39 is 6.04 Å². The Hall–Kier alpha value is -1.93. The molecule has 1 N–H and O–H groups in total. The Balaban J connectivity index is 1.56. The van der Waals surface area contributed by atoms with Gasteiger partial charge in [-0.25, -0.2) is 9.37 Å². The lowest BCUT2D eigenvalue weighted by Gasteiger charge is -2.30. The number of nitrogens with zero attached hydrogens (tertiary/aromatic N) is 2. The Morgan fingerprint density at radius 3 is 2.85 bits per heavy atom. The Morgan fingerprint density at radius 1 is 1.42 bits per heavy atom. The number of aromatic nitrogens is 1. The van der Waals surface area contributed by atoms with Gasteiger partial charge in [0.1, 0.15) is 11.9 Å². The summed E-state index contributed by atoms with van der Waals surface area (Å²) in [7, 11) is 1.71. The minimum absolute atomic E-state index is 0.138. The molecule has 0 bridgehead atoms. The number of rotatable bonds is 5. The summed E-state index contributed by atoms with van der Waals surface area (Å²) in [6.45, 7) is 2.34. The molecule has 0 unspecified atom stereocenters. The van der Waals surface area contributed by atoms with Crippen molar-refractivity contribution in [3.05, 3.63) is 51.7 Å². The van der Waals surface area contributed by atoms with Gasteiger partial charge in [-0.05, 0) is 25.0 Å². The van der Waals surface area contributed by atoms with Crippen LogP contribution in [0, 0.1) is 12.7 Å². The molecule has 1 aromatic carbocycles. The van der Waals surface area contributed by atoms with Crippen LogP contribution in [-0.4, -0.2) is 45.8 Å². The van der Waals surface area contributed by atoms with E-state index in [0.29, 0.717) is 24.3 Å². The van der Waals surface area contributed by atoms with Gasteiger partial charge in [0.25, 0.3) is 0 Å². The number of hydrogen-bond donors (Lipinski definition) is 1. The lowest BCUT2D eigenvalue weighted by molar-refractivity contribution is -0.135. The highest BCUT2D eigenvalue weighted by atomic mass is 32.2. The highest BCUT2D eigenvalue weighted by Gasteiger charge is 2.34. The van der Waals surface area contributed by atoms with Crippen LogP contribution < -0.4 is 5.32 Å². The zero-order chi connectivity index (χ0) is 18.7. The van der Waals surface area contributed by atoms with Crippen LogP contribution in [0.2, 0.25) is 0 Å². The van der Waals surface area contributed by atoms with Crippen molar-refractivity contribution in [2.24, 2.45) is 0 Å². The van der Waals surface area contributed by atoms with E-state index in [9.17, 15) is 14.0 Å². The summed E-state index contributed by atoms with van der Waals surface area (Å²) in [6.07, 6.45) is 0.317. The first kappa shape index (κ1) is 18.8. The second kappa shape index (κ2) is 8.18. The molecule has 1 aliphatic heterocycles. The Kier molecular flexibility index (Phi) is 5.93. The van der Waals surface area contributed by atoms with Gasteiger partial charge in [0.05, 0.1) is 22.5 Å². The number of carbonyl (C=O) groups excluding carboxylic acids is 2. The van der Waals surface area contributed by atoms with E-state index in [0.717, 1.165) is 10.7 Å². The van der Waals surface area contributed by atoms with Crippen molar-refractivity contribution in [3.63, 3.8) is 0 Å². The summed E-state index contributed by atoms with van der Waals surface area (Å²) in [5.74, 6) is -0.191. The summed E-state index contributed by atoms with van der Waals surface area (Å²) in [5.41, 5.74) is 1.36. The zero-order valence-corrected chi connectivity index (χ0v) is 16.2. The fraction of sp³-hybridized carbons (Fsp3) is 0.389. The Bertz CT molecular complexity index is 811. The van der Waals surface area contributed by atoms with Gasteiger partial charge in [-0.3, -0.25) is 9.59 Å². The molecule has 0 aliphatic carbocycles. The zero-order valence-electron chi connectivity index (χ0n) is 14.6. The van der Waals surface area contributed by atoms with E-state index in [-0.39, 0.29) is 22.9 Å². The molecular formula is C18H20FN3O2S2. The van der Waals surface area contributed by atoms with Crippen LogP contribution in [0.4, 0.5) is 4.39 Å². The molecule has 0 radical (unpaired) electrons. The van der Waals surface area contributed by atoms with Crippen LogP contribution in [0.25, 0.3) is 0 Å². The number of halogens is 1. The second-order valence-electron chi connectivity index (χ2n) is 6.23. The molecule has 5 nitrogen and oxygen atoms in total. The summed E-state index contributed by atoms with van der Waals surface area (Å²) in [5, 5.41) is 5.29. The molecule has 2 aromatic rings. The molecule has 26 heavy (non-hydrogen) atoms. The average Bonchev–Trinajstić information content (AvgIpc) is 3.02. The second-order valence-corrected chi connectivity index (χ2v) is 8.53. The average molecular weight is 394 g/mol. The van der Waals surface area contributed by atoms with Crippen LogP contribution in [0.3, 0.4) is 0 Å². The van der Waals surface area contributed by atoms with E-state index in [1.54, 1.807) is 41.5 Å². The Morgan fingerprint density at radius 2 is 2.19 bits per heavy atom. The molecule has 0 saturated carbocycles. The van der Waals surface area contributed by atoms with E-state index in [1.807, 2.05) is 12.3 Å². The molecule has 2 atom stereocenters. The van der Waals surface area contributed by atoms with Gasteiger partial charge >= 0.3 is 0 Å². The van der Waals surface area contributed by atoms with Crippen molar-refractivity contribution >= 4 is 34.9 Å². The van der Waals surface area contributed by atoms with Crippen LogP contribution in [0.5, 0.6) is 0 Å². The molecule has 3 rings (SSSR count). The lowest BCUT2D eigenvalue weighted by Crippen LogP contribution is -2.54. The first-order chi connectivity index (χ1) is 12.4. The quantitative estimate of drug-likeness (QED) is 0.847. The van der Waals surface area contributed by atoms with Crippen LogP contribution in [-0.2, 0) is 22.6 Å². The van der Waals surface area contributed by atoms with Gasteiger partial charge < -0.3 is 10.2 Å². The largest absolute Gasteiger partial charge is 0.343 e. The third kappa shape index (κ3) is 4.42. The van der Waals surface area contributed by atoms with Crippen LogP contribution in [0.1, 0.15) is 16.3 Å². The summed E-state index contributed by atoms with van der Waals surface area (Å²) in [4.78, 5) is 30.9. The minimum Gasteiger partial charge on any atom is -0.343 e. The molecule has 1 fully saturated rings. The third-order valence-electron chi connectivity index (χ3n) is 4.18. The molecule has 2 amide bonds. The van der Waals surface area contributed by atoms with Crippen molar-refractivity contribution < 1.29 is 14.0 Å². The van der Waals surface area contributed by atoms with Gasteiger partial charge in [0.2, 0.25) is 11.8 Å². The van der Waals surface area contributed by atoms with Crippen LogP contribution >= 0.6 is 23.1 Å². The monoisotopic (exact) mass is 393 g/mol. The van der Waals surface area contributed by atoms with Crippen molar-refractivity contribution in [3.8, 4) is 0 Å². The maximum absolute atomic E-state index is 13.8. The van der Waals surface area contributed by atoms with E-state index >= 15 is 0 Å². The van der Waals surface area contributed by atoms with Gasteiger partial charge in [-0.1, -0.05) is 18.2 Å². The molecular weight excluding hydrogens is 373 g/mol. The summed E-state index contributed by atoms with van der Waals surface area (Å²) >= 11 is 2.94. The molecule has 8 heteroatoms. The minimum atomic E-state index is -0.561. The fourth-order valence-corrected chi connectivity index (χ4v) is 4.58. The van der Waals surface area contributed by atoms with Crippen molar-refractivity contribution in [2.75, 3.05) is 12.8 Å². The molecule has 1 aliphatic rings. The first-order valence-electron chi connectivity index (χ1n) is 8.25. The van der Waals surface area contributed by atoms with Crippen molar-refractivity contribution in [1.82, 2.24) is 15.2 Å². The van der Waals surface area contributed by atoms with E-state index in [1.165, 1.54) is 17.8 Å². The predicted octanol–water partition coefficient (Wildman–Crippen LogP) is 2.39. The molecule has 2 heterocycles. The molecule has 0 spiro atoms. The highest BCUT2D eigenvalue weighted by Crippen LogP contribution is 2.24. The number of hydrogen-bond acceptors (Lipinski definition) is 5. The third-order valence-corrected chi connectivity index (χ3v) is 6.31. The van der Waals surface area contributed by atoms with Crippen LogP contribution in [0.15, 0.2) is 29.6 Å². The number of amides is 2. The first-order valence-corrected chi connectivity index (χ1v) is 10.2. The van der Waals surface area contributed by atoms with E-state index in [2.05, 4.69) is 10.3 Å². The Labute approximate surface area is 160 Å². The summed E-state index contributed by atoms with van der Waals surface area (Å²) < 4.78 is 13.8. The normalized spacial score (nSPS) is 19.9. The maximum atomic E-state index is 13.8. The maximum Gasteiger partial charge on any atom is 0.246 e. The van der Waals surface area contributed by atoms with Crippen molar-refractivity contribution in [1.29, 1.82) is 0 Å². The van der Waals surface area contributed by atoms with Gasteiger partial charge in [-0.2, -0.15) is 0 Å². The lowest BCUT2D eigenvalue weighted by atomic mass is 10.1. The predicted molar refractivity (Wildman–Crippen MR) is 102 cm³/mol. The SMILES string of the molecule is Cc1nc(CN(C)C(=O)[C@H]2CS[C@@H](Cc3ccccc3F)C(=O)N2)cs1. The fourth-order valence-electron chi connectivity index (χ4n) is 2.81. The number of benzene rings is 1. The molecule has 1 saturated heterocycles. The standard InChI is InChI=1S/C18H20FN3O2S2/c1-11-20-13(9-25-11)8-22(2)18(24)15-10-26-16(17(23)21-15)7-12-5-3-4-6-14(12)19/h3-6,9,15-16H,7-8,10H2,1-2H3,(H,21,23)/t15-,16+/m1/s1. The van der Waals surface area contributed by atoms with E-state index in [4.69, 9.17) is 0 Å². The summed E-state index contributed by atoms with van der Waals surface area (Å²) in [6, 6.07) is 5.90. The number of carbonyl (C=O) groups is 2. The molecule has 1 aromatic heterocycles. The number of nitrogens with one attached hydrogen (secondary N) is 1. The van der Waals surface area contributed by atoms with Gasteiger partial charge in [-0.15, -0.1) is 23.1 Å². The van der Waals surface area contributed by atoms with Gasteiger partial charge in [0.15, 0.2) is 0 Å².